The van der Waals surface area contributed by atoms with Crippen molar-refractivity contribution in [1.29, 1.82) is 0 Å². The molecule has 0 saturated heterocycles. The molecule has 2 aromatic carbocycles. The Labute approximate surface area is 195 Å². The first kappa shape index (κ1) is 26.4. The molecule has 0 saturated carbocycles. The number of aryl methyl sites for hydroxylation is 1. The molecule has 1 N–H and O–H groups in total. The van der Waals surface area contributed by atoms with Crippen LogP contribution in [0.3, 0.4) is 0 Å². The van der Waals surface area contributed by atoms with E-state index in [9.17, 15) is 5.11 Å². The minimum absolute atomic E-state index is 0.264. The van der Waals surface area contributed by atoms with E-state index < -0.39 is 20.8 Å². The zero-order chi connectivity index (χ0) is 21.7. The Morgan fingerprint density at radius 3 is 2.28 bits per heavy atom. The van der Waals surface area contributed by atoms with Gasteiger partial charge in [-0.2, -0.15) is 0 Å². The summed E-state index contributed by atoms with van der Waals surface area (Å²) < 4.78 is 0. The molecule has 0 heterocycles. The van der Waals surface area contributed by atoms with E-state index in [0.29, 0.717) is 5.75 Å². The van der Waals surface area contributed by atoms with Crippen LogP contribution in [0.15, 0.2) is 47.5 Å². The number of phenols is 1. The number of rotatable bonds is 9. The van der Waals surface area contributed by atoms with E-state index in [1.54, 1.807) is 0 Å². The molecule has 5 heteroatoms. The average Bonchev–Trinajstić information content (AvgIpc) is 2.70. The Morgan fingerprint density at radius 2 is 1.66 bits per heavy atom. The molecule has 0 aromatic heterocycles. The van der Waals surface area contributed by atoms with Gasteiger partial charge in [0.1, 0.15) is 5.75 Å². The zero-order valence-electron chi connectivity index (χ0n) is 18.0. The van der Waals surface area contributed by atoms with E-state index in [1.165, 1.54) is 31.2 Å². The maximum atomic E-state index is 10.9. The molecule has 0 unspecified atom stereocenters. The summed E-state index contributed by atoms with van der Waals surface area (Å²) in [7, 11) is 9.87. The van der Waals surface area contributed by atoms with E-state index in [2.05, 4.69) is 50.9 Å². The van der Waals surface area contributed by atoms with Crippen LogP contribution in [0.25, 0.3) is 0 Å². The van der Waals surface area contributed by atoms with Crippen molar-refractivity contribution < 1.29 is 26.0 Å². The van der Waals surface area contributed by atoms with Gasteiger partial charge < -0.3 is 5.11 Å². The van der Waals surface area contributed by atoms with Crippen LogP contribution >= 0.6 is 17.0 Å². The number of halogens is 2. The molecule has 0 atom stereocenters. The van der Waals surface area contributed by atoms with Gasteiger partial charge in [-0.15, -0.1) is 0 Å². The Hall–Kier alpha value is -0.627. The van der Waals surface area contributed by atoms with E-state index in [-0.39, 0.29) is 5.41 Å². The van der Waals surface area contributed by atoms with Crippen LogP contribution in [0, 0.1) is 6.92 Å². The summed E-state index contributed by atoms with van der Waals surface area (Å²) in [5.74, 6) is 0.346. The topological polar surface area (TPSA) is 32.6 Å². The van der Waals surface area contributed by atoms with Crippen molar-refractivity contribution in [3.63, 3.8) is 0 Å². The van der Waals surface area contributed by atoms with Crippen molar-refractivity contribution in [2.45, 2.75) is 65.2 Å². The van der Waals surface area contributed by atoms with Gasteiger partial charge in [0.25, 0.3) is 0 Å². The summed E-state index contributed by atoms with van der Waals surface area (Å²) in [5, 5.41) is 10.9. The minimum atomic E-state index is -0.826. The van der Waals surface area contributed by atoms with Gasteiger partial charge in [-0.3, -0.25) is 4.99 Å². The fourth-order valence-electron chi connectivity index (χ4n) is 3.36. The molecule has 0 aliphatic rings. The Bertz CT molecular complexity index is 748. The van der Waals surface area contributed by atoms with E-state index in [0.717, 1.165) is 29.7 Å². The second-order valence-electron chi connectivity index (χ2n) is 7.76. The molecular weight excluding hydrogens is 480 g/mol. The number of aromatic hydroxyl groups is 1. The number of hydrogen-bond acceptors (Lipinski definition) is 2. The van der Waals surface area contributed by atoms with Gasteiger partial charge in [0.2, 0.25) is 0 Å². The third-order valence-electron chi connectivity index (χ3n) is 5.07. The van der Waals surface area contributed by atoms with Gasteiger partial charge >= 0.3 is 37.9 Å². The van der Waals surface area contributed by atoms with Crippen LogP contribution in [-0.2, 0) is 26.3 Å². The molecule has 0 bridgehead atoms. The summed E-state index contributed by atoms with van der Waals surface area (Å²) >= 11 is -0.826. The van der Waals surface area contributed by atoms with Crippen LogP contribution < -0.4 is 0 Å². The van der Waals surface area contributed by atoms with Gasteiger partial charge in [-0.25, -0.2) is 0 Å². The van der Waals surface area contributed by atoms with Crippen LogP contribution in [0.1, 0.15) is 75.1 Å². The SMILES string of the molecule is CCCCCCCN=Cc1cc(C)cc(C(C)(C)c2ccccc2)c1O.[Cl][Zr][Cl]. The fraction of sp³-hybridized carbons (Fsp3) is 0.458. The summed E-state index contributed by atoms with van der Waals surface area (Å²) in [5.41, 5.74) is 3.84. The van der Waals surface area contributed by atoms with Crippen molar-refractivity contribution in [3.05, 3.63) is 64.7 Å². The summed E-state index contributed by atoms with van der Waals surface area (Å²) in [6.45, 7) is 9.45. The number of aliphatic imine (C=N–C) groups is 1. The van der Waals surface area contributed by atoms with Crippen LogP contribution in [0.2, 0.25) is 0 Å². The molecule has 158 valence electrons. The maximum absolute atomic E-state index is 10.9. The number of nitrogens with zero attached hydrogens (tertiary/aromatic N) is 1. The van der Waals surface area contributed by atoms with Crippen molar-refractivity contribution >= 4 is 23.2 Å². The standard InChI is InChI=1S/C24H33NO.2ClH.Zr/c1-5-6-7-8-12-15-25-18-20-16-19(2)17-22(23(20)26)24(3,4)21-13-10-9-11-14-21;;;/h9-11,13-14,16-18,26H,5-8,12,15H2,1-4H3;2*1H;/q;;;+2/p-2. The van der Waals surface area contributed by atoms with Gasteiger partial charge in [-0.1, -0.05) is 82.9 Å². The van der Waals surface area contributed by atoms with Crippen molar-refractivity contribution in [2.24, 2.45) is 4.99 Å². The van der Waals surface area contributed by atoms with Crippen molar-refractivity contribution in [3.8, 4) is 5.75 Å². The Morgan fingerprint density at radius 1 is 1.03 bits per heavy atom. The molecule has 2 aromatic rings. The van der Waals surface area contributed by atoms with Crippen molar-refractivity contribution in [2.75, 3.05) is 6.54 Å². The number of phenolic OH excluding ortho intramolecular Hbond substituents is 1. The Kier molecular flexibility index (Phi) is 13.1. The third-order valence-corrected chi connectivity index (χ3v) is 5.07. The predicted octanol–water partition coefficient (Wildman–Crippen LogP) is 7.79. The quantitative estimate of drug-likeness (QED) is 0.269. The van der Waals surface area contributed by atoms with Crippen LogP contribution in [0.4, 0.5) is 0 Å². The first-order valence-electron chi connectivity index (χ1n) is 10.2. The van der Waals surface area contributed by atoms with Crippen molar-refractivity contribution in [1.82, 2.24) is 0 Å². The monoisotopic (exact) mass is 511 g/mol. The molecular formula is C24H33Cl2NOZr. The predicted molar refractivity (Wildman–Crippen MR) is 124 cm³/mol. The summed E-state index contributed by atoms with van der Waals surface area (Å²) in [6, 6.07) is 14.5. The Balaban J connectivity index is 0.00000132. The summed E-state index contributed by atoms with van der Waals surface area (Å²) in [4.78, 5) is 4.55. The second kappa shape index (κ2) is 14.4. The molecule has 29 heavy (non-hydrogen) atoms. The second-order valence-corrected chi connectivity index (χ2v) is 11.5. The molecule has 0 aliphatic heterocycles. The molecule has 0 radical (unpaired) electrons. The molecule has 0 aliphatic carbocycles. The average molecular weight is 514 g/mol. The molecule has 2 rings (SSSR count). The first-order valence-corrected chi connectivity index (χ1v) is 16.6. The van der Waals surface area contributed by atoms with Crippen LogP contribution in [0.5, 0.6) is 5.75 Å². The van der Waals surface area contributed by atoms with E-state index in [4.69, 9.17) is 17.0 Å². The number of unbranched alkanes of at least 4 members (excludes halogenated alkanes) is 4. The first-order chi connectivity index (χ1) is 13.9. The van der Waals surface area contributed by atoms with Gasteiger partial charge in [0.05, 0.1) is 0 Å². The molecule has 0 amide bonds. The number of benzene rings is 2. The summed E-state index contributed by atoms with van der Waals surface area (Å²) in [6.07, 6.45) is 8.05. The van der Waals surface area contributed by atoms with Gasteiger partial charge in [0.15, 0.2) is 0 Å². The fourth-order valence-corrected chi connectivity index (χ4v) is 3.36. The molecule has 0 spiro atoms. The number of hydrogen-bond donors (Lipinski definition) is 1. The molecule has 2 nitrogen and oxygen atoms in total. The van der Waals surface area contributed by atoms with E-state index in [1.807, 2.05) is 30.5 Å². The zero-order valence-corrected chi connectivity index (χ0v) is 22.0. The normalized spacial score (nSPS) is 11.2. The van der Waals surface area contributed by atoms with Gasteiger partial charge in [0, 0.05) is 29.3 Å². The van der Waals surface area contributed by atoms with E-state index >= 15 is 0 Å². The third kappa shape index (κ3) is 8.95. The molecule has 0 fully saturated rings. The van der Waals surface area contributed by atoms with Crippen LogP contribution in [-0.4, -0.2) is 17.9 Å². The van der Waals surface area contributed by atoms with Gasteiger partial charge in [-0.05, 0) is 30.5 Å².